The number of carbonyl (C=O) groups excluding carboxylic acids is 1. The van der Waals surface area contributed by atoms with Gasteiger partial charge < -0.3 is 5.32 Å². The summed E-state index contributed by atoms with van der Waals surface area (Å²) in [4.78, 5) is 20.0. The van der Waals surface area contributed by atoms with Crippen molar-refractivity contribution in [2.24, 2.45) is 0 Å². The van der Waals surface area contributed by atoms with Gasteiger partial charge in [-0.25, -0.2) is 9.97 Å². The molecule has 0 aliphatic heterocycles. The number of anilines is 1. The molecule has 4 nitrogen and oxygen atoms in total. The minimum Gasteiger partial charge on any atom is -0.311 e. The maximum Gasteiger partial charge on any atom is 0.225 e. The van der Waals surface area contributed by atoms with Gasteiger partial charge in [0.1, 0.15) is 5.82 Å². The number of amides is 1. The van der Waals surface area contributed by atoms with Gasteiger partial charge in [0.15, 0.2) is 5.65 Å². The molecule has 0 aliphatic rings. The smallest absolute Gasteiger partial charge is 0.225 e. The van der Waals surface area contributed by atoms with E-state index in [1.54, 1.807) is 12.3 Å². The van der Waals surface area contributed by atoms with Crippen molar-refractivity contribution in [3.63, 3.8) is 0 Å². The van der Waals surface area contributed by atoms with E-state index in [0.717, 1.165) is 18.2 Å². The Morgan fingerprint density at radius 1 is 1.35 bits per heavy atom. The first kappa shape index (κ1) is 11.5. The first-order valence-corrected chi connectivity index (χ1v) is 5.81. The summed E-state index contributed by atoms with van der Waals surface area (Å²) in [5.41, 5.74) is 0.654. The highest BCUT2D eigenvalue weighted by Crippen LogP contribution is 2.12. The summed E-state index contributed by atoms with van der Waals surface area (Å²) in [5, 5.41) is 3.75. The minimum absolute atomic E-state index is 0.00892. The van der Waals surface area contributed by atoms with Gasteiger partial charge in [-0.05, 0) is 30.7 Å². The van der Waals surface area contributed by atoms with Crippen LogP contribution in [-0.4, -0.2) is 15.9 Å². The molecule has 0 atom stereocenters. The summed E-state index contributed by atoms with van der Waals surface area (Å²) in [6.07, 6.45) is 4.15. The molecule has 0 bridgehead atoms. The summed E-state index contributed by atoms with van der Waals surface area (Å²) < 4.78 is 0. The number of nitrogens with one attached hydrogen (secondary N) is 1. The van der Waals surface area contributed by atoms with Crippen LogP contribution < -0.4 is 5.32 Å². The maximum atomic E-state index is 11.5. The second kappa shape index (κ2) is 5.39. The Morgan fingerprint density at radius 3 is 3.06 bits per heavy atom. The molecule has 2 rings (SSSR count). The average Bonchev–Trinajstić information content (AvgIpc) is 2.36. The van der Waals surface area contributed by atoms with E-state index >= 15 is 0 Å². The van der Waals surface area contributed by atoms with Crippen molar-refractivity contribution in [3.05, 3.63) is 30.5 Å². The second-order valence-electron chi connectivity index (χ2n) is 3.90. The van der Waals surface area contributed by atoms with Gasteiger partial charge in [-0.15, -0.1) is 0 Å². The zero-order chi connectivity index (χ0) is 12.1. The summed E-state index contributed by atoms with van der Waals surface area (Å²) in [7, 11) is 0. The molecule has 0 radical (unpaired) electrons. The molecule has 88 valence electrons. The molecule has 0 saturated carbocycles. The van der Waals surface area contributed by atoms with Crippen LogP contribution in [0.25, 0.3) is 11.0 Å². The molecule has 0 saturated heterocycles. The van der Waals surface area contributed by atoms with Gasteiger partial charge in [0.05, 0.1) is 0 Å². The topological polar surface area (TPSA) is 54.9 Å². The Balaban J connectivity index is 2.11. The van der Waals surface area contributed by atoms with Gasteiger partial charge in [0.2, 0.25) is 5.91 Å². The normalized spacial score (nSPS) is 10.4. The Bertz CT molecular complexity index is 525. The lowest BCUT2D eigenvalue weighted by Gasteiger charge is -2.04. The molecule has 1 amide bonds. The molecule has 17 heavy (non-hydrogen) atoms. The molecule has 0 aromatic carbocycles. The highest BCUT2D eigenvalue weighted by atomic mass is 16.1. The first-order chi connectivity index (χ1) is 8.29. The Hall–Kier alpha value is -1.97. The summed E-state index contributed by atoms with van der Waals surface area (Å²) in [5.74, 6) is 0.576. The number of hydrogen-bond donors (Lipinski definition) is 1. The molecule has 0 fully saturated rings. The van der Waals surface area contributed by atoms with E-state index in [2.05, 4.69) is 22.2 Å². The molecular formula is C13H15N3O. The van der Waals surface area contributed by atoms with Crippen LogP contribution >= 0.6 is 0 Å². The van der Waals surface area contributed by atoms with Crippen LogP contribution in [0.1, 0.15) is 26.2 Å². The first-order valence-electron chi connectivity index (χ1n) is 5.81. The quantitative estimate of drug-likeness (QED) is 0.877. The third kappa shape index (κ3) is 3.00. The Kier molecular flexibility index (Phi) is 3.65. The van der Waals surface area contributed by atoms with Gasteiger partial charge in [-0.3, -0.25) is 4.79 Å². The Morgan fingerprint density at radius 2 is 2.24 bits per heavy atom. The van der Waals surface area contributed by atoms with Crippen LogP contribution in [0.15, 0.2) is 30.5 Å². The third-order valence-electron chi connectivity index (χ3n) is 2.49. The maximum absolute atomic E-state index is 11.5. The number of aromatic nitrogens is 2. The van der Waals surface area contributed by atoms with E-state index in [9.17, 15) is 4.79 Å². The SMILES string of the molecule is CCCCC(=O)Nc1ccc2cccnc2n1. The van der Waals surface area contributed by atoms with Crippen molar-refractivity contribution in [2.75, 3.05) is 5.32 Å². The number of pyridine rings is 2. The lowest BCUT2D eigenvalue weighted by molar-refractivity contribution is -0.116. The molecule has 2 aromatic rings. The number of unbranched alkanes of at least 4 members (excludes halogenated alkanes) is 1. The van der Waals surface area contributed by atoms with Gasteiger partial charge in [-0.2, -0.15) is 0 Å². The standard InChI is InChI=1S/C13H15N3O/c1-2-3-6-12(17)15-11-8-7-10-5-4-9-14-13(10)16-11/h4-5,7-9H,2-3,6H2,1H3,(H,14,15,16,17). The van der Waals surface area contributed by atoms with Gasteiger partial charge in [-0.1, -0.05) is 13.3 Å². The van der Waals surface area contributed by atoms with Crippen molar-refractivity contribution in [2.45, 2.75) is 26.2 Å². The number of rotatable bonds is 4. The molecule has 1 N–H and O–H groups in total. The number of fused-ring (bicyclic) bond motifs is 1. The van der Waals surface area contributed by atoms with Gasteiger partial charge in [0, 0.05) is 18.0 Å². The van der Waals surface area contributed by atoms with E-state index < -0.39 is 0 Å². The zero-order valence-corrected chi connectivity index (χ0v) is 9.81. The van der Waals surface area contributed by atoms with Crippen LogP contribution in [0.5, 0.6) is 0 Å². The lowest BCUT2D eigenvalue weighted by atomic mass is 10.2. The molecule has 0 aliphatic carbocycles. The number of nitrogens with zero attached hydrogens (tertiary/aromatic N) is 2. The fraction of sp³-hybridized carbons (Fsp3) is 0.308. The van der Waals surface area contributed by atoms with Crippen LogP contribution in [0.2, 0.25) is 0 Å². The van der Waals surface area contributed by atoms with Crippen LogP contribution in [0.4, 0.5) is 5.82 Å². The third-order valence-corrected chi connectivity index (χ3v) is 2.49. The van der Waals surface area contributed by atoms with E-state index in [-0.39, 0.29) is 5.91 Å². The second-order valence-corrected chi connectivity index (χ2v) is 3.90. The monoisotopic (exact) mass is 229 g/mol. The molecule has 2 aromatic heterocycles. The van der Waals surface area contributed by atoms with E-state index in [1.165, 1.54) is 0 Å². The van der Waals surface area contributed by atoms with Crippen molar-refractivity contribution < 1.29 is 4.79 Å². The fourth-order valence-corrected chi connectivity index (χ4v) is 1.57. The lowest BCUT2D eigenvalue weighted by Crippen LogP contribution is -2.12. The van der Waals surface area contributed by atoms with Gasteiger partial charge in [0.25, 0.3) is 0 Å². The summed E-state index contributed by atoms with van der Waals surface area (Å²) in [6.45, 7) is 2.06. The highest BCUT2D eigenvalue weighted by molar-refractivity contribution is 5.90. The average molecular weight is 229 g/mol. The fourth-order valence-electron chi connectivity index (χ4n) is 1.57. The Labute approximate surface area is 100 Å². The predicted octanol–water partition coefficient (Wildman–Crippen LogP) is 2.76. The van der Waals surface area contributed by atoms with E-state index in [0.29, 0.717) is 17.9 Å². The van der Waals surface area contributed by atoms with Crippen molar-refractivity contribution in [1.29, 1.82) is 0 Å². The van der Waals surface area contributed by atoms with Gasteiger partial charge >= 0.3 is 0 Å². The molecular weight excluding hydrogens is 214 g/mol. The molecule has 4 heteroatoms. The summed E-state index contributed by atoms with van der Waals surface area (Å²) >= 11 is 0. The number of carbonyl (C=O) groups is 1. The van der Waals surface area contributed by atoms with Crippen molar-refractivity contribution in [1.82, 2.24) is 9.97 Å². The molecule has 0 spiro atoms. The molecule has 2 heterocycles. The zero-order valence-electron chi connectivity index (χ0n) is 9.81. The highest BCUT2D eigenvalue weighted by Gasteiger charge is 2.03. The van der Waals surface area contributed by atoms with Crippen LogP contribution in [-0.2, 0) is 4.79 Å². The van der Waals surface area contributed by atoms with Crippen LogP contribution in [0, 0.1) is 0 Å². The van der Waals surface area contributed by atoms with E-state index in [1.807, 2.05) is 18.2 Å². The van der Waals surface area contributed by atoms with Crippen molar-refractivity contribution >= 4 is 22.8 Å². The minimum atomic E-state index is 0.00892. The largest absolute Gasteiger partial charge is 0.311 e. The van der Waals surface area contributed by atoms with Crippen molar-refractivity contribution in [3.8, 4) is 0 Å². The number of hydrogen-bond acceptors (Lipinski definition) is 3. The van der Waals surface area contributed by atoms with Crippen LogP contribution in [0.3, 0.4) is 0 Å². The van der Waals surface area contributed by atoms with E-state index in [4.69, 9.17) is 0 Å². The summed E-state index contributed by atoms with van der Waals surface area (Å²) in [6, 6.07) is 7.51. The predicted molar refractivity (Wildman–Crippen MR) is 67.7 cm³/mol. The molecule has 0 unspecified atom stereocenters.